The minimum absolute atomic E-state index is 0.00987. The van der Waals surface area contributed by atoms with Crippen molar-refractivity contribution in [3.63, 3.8) is 0 Å². The summed E-state index contributed by atoms with van der Waals surface area (Å²) < 4.78 is 0. The van der Waals surface area contributed by atoms with E-state index in [1.165, 1.54) is 6.07 Å². The number of fused-ring (bicyclic) bond motifs is 1. The van der Waals surface area contributed by atoms with Gasteiger partial charge in [-0.1, -0.05) is 47.5 Å². The Balaban J connectivity index is 1.73. The molecule has 1 aliphatic rings. The zero-order valence-corrected chi connectivity index (χ0v) is 16.5. The molecule has 0 saturated carbocycles. The minimum atomic E-state index is -1.12. The Morgan fingerprint density at radius 3 is 2.76 bits per heavy atom. The van der Waals surface area contributed by atoms with Crippen LogP contribution in [0.4, 0.5) is 10.5 Å². The predicted molar refractivity (Wildman–Crippen MR) is 110 cm³/mol. The summed E-state index contributed by atoms with van der Waals surface area (Å²) in [6, 6.07) is 10.5. The highest BCUT2D eigenvalue weighted by Gasteiger charge is 2.36. The number of carbonyl (C=O) groups is 2. The number of halogens is 2. The van der Waals surface area contributed by atoms with Crippen LogP contribution in [0.3, 0.4) is 0 Å². The molecule has 1 aliphatic heterocycles. The van der Waals surface area contributed by atoms with Gasteiger partial charge in [-0.05, 0) is 18.2 Å². The van der Waals surface area contributed by atoms with E-state index in [4.69, 9.17) is 23.2 Å². The molecule has 7 nitrogen and oxygen atoms in total. The lowest BCUT2D eigenvalue weighted by Gasteiger charge is -2.35. The van der Waals surface area contributed by atoms with E-state index in [1.54, 1.807) is 47.6 Å². The number of aromatic amines is 1. The van der Waals surface area contributed by atoms with Gasteiger partial charge < -0.3 is 20.3 Å². The SMILES string of the molecule is O=C(O)c1ccccc1NC(=O)N1CCc2[nH]cnc2[C@H]1c1cccc(Cl)c1Cl. The molecule has 0 saturated heterocycles. The van der Waals surface area contributed by atoms with Gasteiger partial charge in [-0.2, -0.15) is 0 Å². The van der Waals surface area contributed by atoms with E-state index in [9.17, 15) is 14.7 Å². The number of aromatic carboxylic acids is 1. The highest BCUT2D eigenvalue weighted by atomic mass is 35.5. The molecule has 1 atom stereocenters. The summed E-state index contributed by atoms with van der Waals surface area (Å²) in [5.74, 6) is -1.12. The number of carboxylic acid groups (broad SMARTS) is 1. The van der Waals surface area contributed by atoms with E-state index in [0.29, 0.717) is 34.3 Å². The lowest BCUT2D eigenvalue weighted by molar-refractivity contribution is 0.0698. The average molecular weight is 431 g/mol. The highest BCUT2D eigenvalue weighted by molar-refractivity contribution is 6.42. The van der Waals surface area contributed by atoms with E-state index in [0.717, 1.165) is 5.69 Å². The normalized spacial score (nSPS) is 15.7. The van der Waals surface area contributed by atoms with E-state index >= 15 is 0 Å². The van der Waals surface area contributed by atoms with Crippen LogP contribution in [0.5, 0.6) is 0 Å². The molecule has 1 aromatic heterocycles. The second-order valence-corrected chi connectivity index (χ2v) is 7.32. The van der Waals surface area contributed by atoms with Gasteiger partial charge in [-0.3, -0.25) is 0 Å². The fourth-order valence-corrected chi connectivity index (χ4v) is 3.92. The van der Waals surface area contributed by atoms with Gasteiger partial charge in [0.05, 0.1) is 33.3 Å². The van der Waals surface area contributed by atoms with Crippen LogP contribution in [0, 0.1) is 0 Å². The summed E-state index contributed by atoms with van der Waals surface area (Å²) in [7, 11) is 0. The van der Waals surface area contributed by atoms with Gasteiger partial charge in [-0.15, -0.1) is 0 Å². The Morgan fingerprint density at radius 1 is 1.17 bits per heavy atom. The molecule has 148 valence electrons. The van der Waals surface area contributed by atoms with Crippen molar-refractivity contribution in [2.75, 3.05) is 11.9 Å². The van der Waals surface area contributed by atoms with Crippen molar-refractivity contribution in [1.29, 1.82) is 0 Å². The van der Waals surface area contributed by atoms with Crippen molar-refractivity contribution < 1.29 is 14.7 Å². The fraction of sp³-hybridized carbons (Fsp3) is 0.150. The average Bonchev–Trinajstić information content (AvgIpc) is 3.18. The van der Waals surface area contributed by atoms with Crippen LogP contribution in [0.25, 0.3) is 0 Å². The number of benzene rings is 2. The summed E-state index contributed by atoms with van der Waals surface area (Å²) in [4.78, 5) is 33.7. The van der Waals surface area contributed by atoms with Crippen molar-refractivity contribution >= 4 is 40.9 Å². The number of imidazole rings is 1. The van der Waals surface area contributed by atoms with Gasteiger partial charge in [0.2, 0.25) is 0 Å². The van der Waals surface area contributed by atoms with Crippen molar-refractivity contribution in [2.24, 2.45) is 0 Å². The number of carbonyl (C=O) groups excluding carboxylic acids is 1. The second kappa shape index (κ2) is 7.77. The van der Waals surface area contributed by atoms with E-state index in [1.807, 2.05) is 0 Å². The largest absolute Gasteiger partial charge is 0.478 e. The number of nitrogens with zero attached hydrogens (tertiary/aromatic N) is 2. The third-order valence-corrected chi connectivity index (χ3v) is 5.69. The molecule has 2 aromatic carbocycles. The van der Waals surface area contributed by atoms with Crippen molar-refractivity contribution in [3.05, 3.63) is 81.4 Å². The molecule has 3 N–H and O–H groups in total. The standard InChI is InChI=1S/C20H16Cl2N4O3/c21-13-6-3-5-12(16(13)22)18-17-15(23-10-24-17)8-9-26(18)20(29)25-14-7-2-1-4-11(14)19(27)28/h1-7,10,18H,8-9H2,(H,23,24)(H,25,29)(H,27,28)/t18-/m1/s1. The van der Waals surface area contributed by atoms with Crippen LogP contribution in [-0.4, -0.2) is 38.5 Å². The van der Waals surface area contributed by atoms with E-state index in [2.05, 4.69) is 15.3 Å². The number of anilines is 1. The van der Waals surface area contributed by atoms with Crippen LogP contribution in [0.15, 0.2) is 48.8 Å². The third kappa shape index (κ3) is 3.54. The molecule has 2 amide bonds. The number of H-pyrrole nitrogens is 1. The topological polar surface area (TPSA) is 98.3 Å². The summed E-state index contributed by atoms with van der Waals surface area (Å²) in [6.07, 6.45) is 2.16. The van der Waals surface area contributed by atoms with Crippen LogP contribution in [-0.2, 0) is 6.42 Å². The first kappa shape index (κ1) is 19.3. The monoisotopic (exact) mass is 430 g/mol. The molecule has 4 rings (SSSR count). The molecule has 0 fully saturated rings. The Kier molecular flexibility index (Phi) is 5.17. The molecule has 0 bridgehead atoms. The van der Waals surface area contributed by atoms with Crippen LogP contribution >= 0.6 is 23.2 Å². The maximum atomic E-state index is 13.2. The van der Waals surface area contributed by atoms with Crippen LogP contribution in [0.1, 0.15) is 33.4 Å². The minimum Gasteiger partial charge on any atom is -0.478 e. The number of hydrogen-bond donors (Lipinski definition) is 3. The number of carboxylic acids is 1. The molecule has 2 heterocycles. The van der Waals surface area contributed by atoms with E-state index < -0.39 is 18.0 Å². The first-order chi connectivity index (χ1) is 14.0. The number of urea groups is 1. The zero-order chi connectivity index (χ0) is 20.5. The first-order valence-corrected chi connectivity index (χ1v) is 9.59. The smallest absolute Gasteiger partial charge is 0.337 e. The lowest BCUT2D eigenvalue weighted by atomic mass is 9.96. The molecule has 0 aliphatic carbocycles. The van der Waals surface area contributed by atoms with E-state index in [-0.39, 0.29) is 11.3 Å². The highest BCUT2D eigenvalue weighted by Crippen LogP contribution is 2.39. The molecule has 29 heavy (non-hydrogen) atoms. The molecular formula is C20H16Cl2N4O3. The second-order valence-electron chi connectivity index (χ2n) is 6.54. The maximum Gasteiger partial charge on any atom is 0.337 e. The quantitative estimate of drug-likeness (QED) is 0.565. The summed E-state index contributed by atoms with van der Waals surface area (Å²) >= 11 is 12.7. The zero-order valence-electron chi connectivity index (χ0n) is 15.0. The fourth-order valence-electron chi connectivity index (χ4n) is 3.51. The number of hydrogen-bond acceptors (Lipinski definition) is 3. The van der Waals surface area contributed by atoms with Crippen molar-refractivity contribution in [3.8, 4) is 0 Å². The van der Waals surface area contributed by atoms with Gasteiger partial charge in [0, 0.05) is 24.2 Å². The van der Waals surface area contributed by atoms with Gasteiger partial charge >= 0.3 is 12.0 Å². The number of rotatable bonds is 3. The number of aromatic nitrogens is 2. The Hall–Kier alpha value is -3.03. The summed E-state index contributed by atoms with van der Waals surface area (Å²) in [6.45, 7) is 0.393. The molecule has 3 aromatic rings. The van der Waals surface area contributed by atoms with Crippen LogP contribution in [0.2, 0.25) is 10.0 Å². The van der Waals surface area contributed by atoms with Gasteiger partial charge in [-0.25, -0.2) is 14.6 Å². The molecule has 0 radical (unpaired) electrons. The Bertz CT molecular complexity index is 1100. The lowest BCUT2D eigenvalue weighted by Crippen LogP contribution is -2.43. The van der Waals surface area contributed by atoms with Gasteiger partial charge in [0.1, 0.15) is 6.04 Å². The van der Waals surface area contributed by atoms with Crippen LogP contribution < -0.4 is 5.32 Å². The predicted octanol–water partition coefficient (Wildman–Crippen LogP) is 4.59. The van der Waals surface area contributed by atoms with Gasteiger partial charge in [0.25, 0.3) is 0 Å². The van der Waals surface area contributed by atoms with Crippen molar-refractivity contribution in [1.82, 2.24) is 14.9 Å². The Labute approximate surface area is 176 Å². The molecule has 9 heteroatoms. The molecule has 0 spiro atoms. The number of para-hydroxylation sites is 1. The maximum absolute atomic E-state index is 13.2. The Morgan fingerprint density at radius 2 is 1.97 bits per heavy atom. The third-order valence-electron chi connectivity index (χ3n) is 4.86. The number of amides is 2. The molecule has 0 unspecified atom stereocenters. The first-order valence-electron chi connectivity index (χ1n) is 8.83. The summed E-state index contributed by atoms with van der Waals surface area (Å²) in [5, 5.41) is 12.8. The van der Waals surface area contributed by atoms with Crippen molar-refractivity contribution in [2.45, 2.75) is 12.5 Å². The summed E-state index contributed by atoms with van der Waals surface area (Å²) in [5.41, 5.74) is 2.47. The molecular weight excluding hydrogens is 415 g/mol. The van der Waals surface area contributed by atoms with Gasteiger partial charge in [0.15, 0.2) is 0 Å². The number of nitrogens with one attached hydrogen (secondary N) is 2.